The van der Waals surface area contributed by atoms with E-state index in [1.165, 1.54) is 24.8 Å². The topological polar surface area (TPSA) is 41.1 Å². The molecule has 0 aromatic carbocycles. The van der Waals surface area contributed by atoms with Crippen LogP contribution in [-0.4, -0.2) is 29.6 Å². The average Bonchev–Trinajstić information content (AvgIpc) is 2.41. The summed E-state index contributed by atoms with van der Waals surface area (Å²) in [6, 6.07) is 0. The van der Waals surface area contributed by atoms with Crippen molar-refractivity contribution in [2.24, 2.45) is 5.92 Å². The van der Waals surface area contributed by atoms with Gasteiger partial charge in [-0.15, -0.1) is 0 Å². The zero-order valence-corrected chi connectivity index (χ0v) is 11.7. The molecule has 0 bridgehead atoms. The van der Waals surface area contributed by atoms with Gasteiger partial charge in [-0.25, -0.2) is 4.98 Å². The van der Waals surface area contributed by atoms with E-state index in [0.717, 1.165) is 37.3 Å². The van der Waals surface area contributed by atoms with Crippen molar-refractivity contribution < 1.29 is 0 Å². The van der Waals surface area contributed by atoms with Crippen molar-refractivity contribution in [2.45, 2.75) is 40.0 Å². The third-order valence-corrected chi connectivity index (χ3v) is 3.77. The number of piperidine rings is 1. The van der Waals surface area contributed by atoms with Gasteiger partial charge in [-0.05, 0) is 32.6 Å². The highest BCUT2D eigenvalue weighted by Crippen LogP contribution is 2.26. The van der Waals surface area contributed by atoms with Crippen LogP contribution in [0.15, 0.2) is 6.20 Å². The van der Waals surface area contributed by atoms with E-state index in [-0.39, 0.29) is 0 Å². The lowest BCUT2D eigenvalue weighted by Gasteiger charge is -2.33. The lowest BCUT2D eigenvalue weighted by atomic mass is 9.94. The summed E-state index contributed by atoms with van der Waals surface area (Å²) in [6.07, 6.45) is 5.80. The van der Waals surface area contributed by atoms with Gasteiger partial charge in [-0.2, -0.15) is 4.98 Å². The molecule has 0 aliphatic carbocycles. The van der Waals surface area contributed by atoms with Gasteiger partial charge in [0.1, 0.15) is 5.82 Å². The van der Waals surface area contributed by atoms with Gasteiger partial charge in [0, 0.05) is 31.4 Å². The molecule has 18 heavy (non-hydrogen) atoms. The van der Waals surface area contributed by atoms with Crippen molar-refractivity contribution in [2.75, 3.05) is 29.9 Å². The van der Waals surface area contributed by atoms with Crippen LogP contribution in [0.3, 0.4) is 0 Å². The molecule has 1 aromatic heterocycles. The Hall–Kier alpha value is -1.32. The number of hydrogen-bond acceptors (Lipinski definition) is 4. The van der Waals surface area contributed by atoms with Crippen molar-refractivity contribution in [3.05, 3.63) is 11.8 Å². The maximum Gasteiger partial charge on any atom is 0.224 e. The van der Waals surface area contributed by atoms with Gasteiger partial charge in [0.15, 0.2) is 0 Å². The second-order valence-electron chi connectivity index (χ2n) is 5.07. The van der Waals surface area contributed by atoms with Crippen molar-refractivity contribution >= 4 is 11.8 Å². The zero-order chi connectivity index (χ0) is 13.0. The third-order valence-electron chi connectivity index (χ3n) is 3.77. The molecule has 1 fully saturated rings. The SMILES string of the molecule is CCNc1ncc(C)c(N2CCC(CC)CC2)n1. The fourth-order valence-corrected chi connectivity index (χ4v) is 2.55. The number of rotatable bonds is 4. The Morgan fingerprint density at radius 3 is 2.67 bits per heavy atom. The van der Waals surface area contributed by atoms with Gasteiger partial charge in [-0.1, -0.05) is 13.3 Å². The summed E-state index contributed by atoms with van der Waals surface area (Å²) in [6.45, 7) is 9.57. The summed E-state index contributed by atoms with van der Waals surface area (Å²) in [4.78, 5) is 11.4. The summed E-state index contributed by atoms with van der Waals surface area (Å²) in [5.74, 6) is 2.75. The van der Waals surface area contributed by atoms with E-state index >= 15 is 0 Å². The standard InChI is InChI=1S/C14H24N4/c1-4-12-6-8-18(9-7-12)13-11(3)10-16-14(17-13)15-5-2/h10,12H,4-9H2,1-3H3,(H,15,16,17). The molecular weight excluding hydrogens is 224 g/mol. The number of nitrogens with one attached hydrogen (secondary N) is 1. The molecule has 0 atom stereocenters. The van der Waals surface area contributed by atoms with Crippen LogP contribution < -0.4 is 10.2 Å². The highest BCUT2D eigenvalue weighted by Gasteiger charge is 2.20. The Morgan fingerprint density at radius 1 is 1.33 bits per heavy atom. The Morgan fingerprint density at radius 2 is 2.06 bits per heavy atom. The fraction of sp³-hybridized carbons (Fsp3) is 0.714. The number of anilines is 2. The minimum Gasteiger partial charge on any atom is -0.356 e. The minimum atomic E-state index is 0.746. The first kappa shape index (κ1) is 13.1. The Balaban J connectivity index is 2.10. The molecule has 2 heterocycles. The quantitative estimate of drug-likeness (QED) is 0.889. The second-order valence-corrected chi connectivity index (χ2v) is 5.07. The lowest BCUT2D eigenvalue weighted by Crippen LogP contribution is -2.34. The largest absolute Gasteiger partial charge is 0.356 e. The van der Waals surface area contributed by atoms with Gasteiger partial charge < -0.3 is 10.2 Å². The first-order chi connectivity index (χ1) is 8.74. The summed E-state index contributed by atoms with van der Waals surface area (Å²) >= 11 is 0. The molecular formula is C14H24N4. The van der Waals surface area contributed by atoms with Crippen LogP contribution in [0.5, 0.6) is 0 Å². The van der Waals surface area contributed by atoms with Gasteiger partial charge in [0.2, 0.25) is 5.95 Å². The molecule has 1 N–H and O–H groups in total. The lowest BCUT2D eigenvalue weighted by molar-refractivity contribution is 0.393. The maximum absolute atomic E-state index is 4.64. The molecule has 100 valence electrons. The molecule has 2 rings (SSSR count). The molecule has 1 aliphatic heterocycles. The Kier molecular flexibility index (Phi) is 4.39. The molecule has 1 aliphatic rings. The minimum absolute atomic E-state index is 0.746. The van der Waals surface area contributed by atoms with Crippen LogP contribution >= 0.6 is 0 Å². The van der Waals surface area contributed by atoms with Crippen molar-refractivity contribution in [3.63, 3.8) is 0 Å². The second kappa shape index (κ2) is 6.03. The predicted octanol–water partition coefficient (Wildman–Crippen LogP) is 2.84. The number of aryl methyl sites for hydroxylation is 1. The molecule has 1 aromatic rings. The molecule has 4 heteroatoms. The van der Waals surface area contributed by atoms with E-state index < -0.39 is 0 Å². The molecule has 0 amide bonds. The van der Waals surface area contributed by atoms with E-state index in [4.69, 9.17) is 0 Å². The van der Waals surface area contributed by atoms with E-state index in [9.17, 15) is 0 Å². The third kappa shape index (κ3) is 2.92. The summed E-state index contributed by atoms with van der Waals surface area (Å²) in [5.41, 5.74) is 1.17. The van der Waals surface area contributed by atoms with Gasteiger partial charge in [0.05, 0.1) is 0 Å². The van der Waals surface area contributed by atoms with Gasteiger partial charge >= 0.3 is 0 Å². The van der Waals surface area contributed by atoms with Crippen LogP contribution in [0.25, 0.3) is 0 Å². The highest BCUT2D eigenvalue weighted by molar-refractivity contribution is 5.49. The molecule has 0 saturated carbocycles. The highest BCUT2D eigenvalue weighted by atomic mass is 15.2. The van der Waals surface area contributed by atoms with Crippen LogP contribution in [0.2, 0.25) is 0 Å². The number of hydrogen-bond donors (Lipinski definition) is 1. The molecule has 4 nitrogen and oxygen atoms in total. The van der Waals surface area contributed by atoms with Crippen LogP contribution in [0.1, 0.15) is 38.7 Å². The number of aromatic nitrogens is 2. The van der Waals surface area contributed by atoms with Crippen molar-refractivity contribution in [1.29, 1.82) is 0 Å². The average molecular weight is 248 g/mol. The normalized spacial score (nSPS) is 16.9. The summed E-state index contributed by atoms with van der Waals surface area (Å²) < 4.78 is 0. The van der Waals surface area contributed by atoms with Crippen molar-refractivity contribution in [3.8, 4) is 0 Å². The Labute approximate surface area is 110 Å². The first-order valence-electron chi connectivity index (χ1n) is 7.07. The smallest absolute Gasteiger partial charge is 0.224 e. The van der Waals surface area contributed by atoms with Crippen LogP contribution in [0.4, 0.5) is 11.8 Å². The summed E-state index contributed by atoms with van der Waals surface area (Å²) in [7, 11) is 0. The molecule has 0 spiro atoms. The van der Waals surface area contributed by atoms with Gasteiger partial charge in [0.25, 0.3) is 0 Å². The molecule has 1 saturated heterocycles. The summed E-state index contributed by atoms with van der Waals surface area (Å²) in [5, 5.41) is 3.19. The Bertz CT molecular complexity index is 383. The molecule has 0 radical (unpaired) electrons. The van der Waals surface area contributed by atoms with Crippen LogP contribution in [0, 0.1) is 12.8 Å². The monoisotopic (exact) mass is 248 g/mol. The van der Waals surface area contributed by atoms with E-state index in [0.29, 0.717) is 0 Å². The van der Waals surface area contributed by atoms with E-state index in [1.807, 2.05) is 6.20 Å². The molecule has 0 unspecified atom stereocenters. The van der Waals surface area contributed by atoms with Crippen molar-refractivity contribution in [1.82, 2.24) is 9.97 Å². The van der Waals surface area contributed by atoms with Gasteiger partial charge in [-0.3, -0.25) is 0 Å². The zero-order valence-electron chi connectivity index (χ0n) is 11.7. The van der Waals surface area contributed by atoms with Crippen LogP contribution in [-0.2, 0) is 0 Å². The maximum atomic E-state index is 4.64. The van der Waals surface area contributed by atoms with E-state index in [2.05, 4.69) is 41.0 Å². The predicted molar refractivity (Wildman–Crippen MR) is 76.2 cm³/mol. The number of nitrogens with zero attached hydrogens (tertiary/aromatic N) is 3. The van der Waals surface area contributed by atoms with E-state index in [1.54, 1.807) is 0 Å². The first-order valence-corrected chi connectivity index (χ1v) is 7.07. The fourth-order valence-electron chi connectivity index (χ4n) is 2.55.